The van der Waals surface area contributed by atoms with Gasteiger partial charge in [-0.15, -0.1) is 0 Å². The van der Waals surface area contributed by atoms with Crippen molar-refractivity contribution < 1.29 is 14.7 Å². The highest BCUT2D eigenvalue weighted by Gasteiger charge is 2.27. The second-order valence-electron chi connectivity index (χ2n) is 4.79. The van der Waals surface area contributed by atoms with E-state index in [0.717, 1.165) is 6.42 Å². The lowest BCUT2D eigenvalue weighted by Crippen LogP contribution is -2.40. The molecular formula is C13H13N3O4. The maximum atomic E-state index is 12.0. The van der Waals surface area contributed by atoms with Crippen LogP contribution in [0.3, 0.4) is 0 Å². The van der Waals surface area contributed by atoms with Gasteiger partial charge in [0.05, 0.1) is 16.6 Å². The number of hydrogen-bond acceptors (Lipinski definition) is 3. The highest BCUT2D eigenvalue weighted by molar-refractivity contribution is 5.93. The fourth-order valence-corrected chi connectivity index (χ4v) is 2.58. The number of amides is 1. The molecule has 2 heterocycles. The molecule has 3 N–H and O–H groups in total. The molecule has 104 valence electrons. The maximum absolute atomic E-state index is 12.0. The van der Waals surface area contributed by atoms with E-state index in [2.05, 4.69) is 10.3 Å². The van der Waals surface area contributed by atoms with Crippen LogP contribution < -0.4 is 11.0 Å². The number of carbonyl (C=O) groups excluding carboxylic acids is 1. The number of hydrogen-bond donors (Lipinski definition) is 3. The summed E-state index contributed by atoms with van der Waals surface area (Å²) in [5, 5.41) is 11.7. The van der Waals surface area contributed by atoms with E-state index >= 15 is 0 Å². The van der Waals surface area contributed by atoms with E-state index in [9.17, 15) is 14.4 Å². The molecule has 1 aromatic heterocycles. The van der Waals surface area contributed by atoms with Crippen LogP contribution in [0.2, 0.25) is 0 Å². The topological polar surface area (TPSA) is 104 Å². The van der Waals surface area contributed by atoms with Gasteiger partial charge in [0.25, 0.3) is 0 Å². The van der Waals surface area contributed by atoms with Gasteiger partial charge in [-0.3, -0.25) is 9.36 Å². The van der Waals surface area contributed by atoms with Crippen molar-refractivity contribution >= 4 is 22.9 Å². The van der Waals surface area contributed by atoms with Crippen molar-refractivity contribution in [1.29, 1.82) is 0 Å². The molecule has 20 heavy (non-hydrogen) atoms. The fraction of sp³-hybridized carbons (Fsp3) is 0.308. The third-order valence-corrected chi connectivity index (χ3v) is 3.53. The number of carbonyl (C=O) groups is 2. The summed E-state index contributed by atoms with van der Waals surface area (Å²) in [5.74, 6) is -1.24. The van der Waals surface area contributed by atoms with E-state index in [4.69, 9.17) is 5.11 Å². The van der Waals surface area contributed by atoms with Crippen LogP contribution in [0.25, 0.3) is 11.0 Å². The summed E-state index contributed by atoms with van der Waals surface area (Å²) in [6, 6.07) is 3.84. The molecule has 2 aromatic rings. The number of carboxylic acid groups (broad SMARTS) is 1. The zero-order chi connectivity index (χ0) is 14.3. The van der Waals surface area contributed by atoms with E-state index in [1.54, 1.807) is 6.07 Å². The Morgan fingerprint density at radius 1 is 1.35 bits per heavy atom. The number of aromatic amines is 1. The molecule has 0 aliphatic carbocycles. The molecule has 1 aliphatic rings. The molecule has 1 saturated heterocycles. The first-order chi connectivity index (χ1) is 9.58. The number of benzene rings is 1. The van der Waals surface area contributed by atoms with Gasteiger partial charge < -0.3 is 15.4 Å². The van der Waals surface area contributed by atoms with Gasteiger partial charge in [0.15, 0.2) is 0 Å². The molecule has 1 amide bonds. The first kappa shape index (κ1) is 12.5. The molecular weight excluding hydrogens is 262 g/mol. The summed E-state index contributed by atoms with van der Waals surface area (Å²) in [4.78, 5) is 37.5. The number of rotatable bonds is 2. The quantitative estimate of drug-likeness (QED) is 0.741. The Morgan fingerprint density at radius 3 is 2.85 bits per heavy atom. The Kier molecular flexibility index (Phi) is 2.81. The molecule has 1 aromatic carbocycles. The third-order valence-electron chi connectivity index (χ3n) is 3.53. The van der Waals surface area contributed by atoms with E-state index in [-0.39, 0.29) is 11.5 Å². The Bertz CT molecular complexity index is 759. The number of piperidine rings is 1. The molecule has 1 aliphatic heterocycles. The molecule has 0 radical (unpaired) electrons. The molecule has 3 rings (SSSR count). The zero-order valence-electron chi connectivity index (χ0n) is 10.5. The predicted octanol–water partition coefficient (Wildman–Crippen LogP) is 0.479. The monoisotopic (exact) mass is 275 g/mol. The fourth-order valence-electron chi connectivity index (χ4n) is 2.58. The van der Waals surface area contributed by atoms with E-state index < -0.39 is 17.7 Å². The zero-order valence-corrected chi connectivity index (χ0v) is 10.5. The van der Waals surface area contributed by atoms with Crippen LogP contribution in [0.15, 0.2) is 23.0 Å². The van der Waals surface area contributed by atoms with Crippen molar-refractivity contribution in [2.24, 2.45) is 0 Å². The largest absolute Gasteiger partial charge is 0.478 e. The first-order valence-corrected chi connectivity index (χ1v) is 6.33. The number of nitrogens with zero attached hydrogens (tertiary/aromatic N) is 1. The second kappa shape index (κ2) is 4.52. The van der Waals surface area contributed by atoms with Gasteiger partial charge in [0.2, 0.25) is 5.91 Å². The number of aromatic nitrogens is 2. The van der Waals surface area contributed by atoms with Gasteiger partial charge in [-0.25, -0.2) is 9.59 Å². The van der Waals surface area contributed by atoms with E-state index in [1.165, 1.54) is 16.7 Å². The lowest BCUT2D eigenvalue weighted by atomic mass is 10.1. The van der Waals surface area contributed by atoms with Gasteiger partial charge in [-0.1, -0.05) is 0 Å². The van der Waals surface area contributed by atoms with Crippen LogP contribution in [0.4, 0.5) is 0 Å². The molecule has 0 spiro atoms. The standard InChI is InChI=1S/C13H13N3O4/c17-11-10(2-1-5-14-11)16-9-4-3-7(12(18)19)6-8(9)15-13(16)20/h3-4,6,10H,1-2,5H2,(H,14,17)(H,15,20)(H,18,19). The van der Waals surface area contributed by atoms with Crippen LogP contribution >= 0.6 is 0 Å². The van der Waals surface area contributed by atoms with E-state index in [1.807, 2.05) is 0 Å². The molecule has 1 atom stereocenters. The van der Waals surface area contributed by atoms with Crippen LogP contribution in [0.1, 0.15) is 29.2 Å². The highest BCUT2D eigenvalue weighted by Crippen LogP contribution is 2.22. The third kappa shape index (κ3) is 1.87. The summed E-state index contributed by atoms with van der Waals surface area (Å²) in [7, 11) is 0. The number of aromatic carboxylic acids is 1. The van der Waals surface area contributed by atoms with Gasteiger partial charge in [0.1, 0.15) is 6.04 Å². The number of carboxylic acids is 1. The lowest BCUT2D eigenvalue weighted by molar-refractivity contribution is -0.125. The Balaban J connectivity index is 2.16. The second-order valence-corrected chi connectivity index (χ2v) is 4.79. The smallest absolute Gasteiger partial charge is 0.335 e. The van der Waals surface area contributed by atoms with Crippen molar-refractivity contribution in [3.05, 3.63) is 34.2 Å². The van der Waals surface area contributed by atoms with Crippen molar-refractivity contribution in [3.63, 3.8) is 0 Å². The molecule has 0 bridgehead atoms. The van der Waals surface area contributed by atoms with Crippen molar-refractivity contribution in [3.8, 4) is 0 Å². The summed E-state index contributed by atoms with van der Waals surface area (Å²) in [6.07, 6.45) is 1.40. The minimum absolute atomic E-state index is 0.0963. The first-order valence-electron chi connectivity index (χ1n) is 6.33. The van der Waals surface area contributed by atoms with Crippen LogP contribution in [-0.4, -0.2) is 33.1 Å². The van der Waals surface area contributed by atoms with Crippen LogP contribution in [0.5, 0.6) is 0 Å². The van der Waals surface area contributed by atoms with Crippen molar-refractivity contribution in [2.45, 2.75) is 18.9 Å². The molecule has 7 nitrogen and oxygen atoms in total. The minimum Gasteiger partial charge on any atom is -0.478 e. The van der Waals surface area contributed by atoms with Crippen LogP contribution in [0, 0.1) is 0 Å². The van der Waals surface area contributed by atoms with E-state index in [0.29, 0.717) is 24.0 Å². The lowest BCUT2D eigenvalue weighted by Gasteiger charge is -2.22. The molecule has 0 saturated carbocycles. The highest BCUT2D eigenvalue weighted by atomic mass is 16.4. The summed E-state index contributed by atoms with van der Waals surface area (Å²) >= 11 is 0. The van der Waals surface area contributed by atoms with Crippen molar-refractivity contribution in [1.82, 2.24) is 14.9 Å². The normalized spacial score (nSPS) is 19.0. The SMILES string of the molecule is O=C(O)c1ccc2c(c1)[nH]c(=O)n2C1CCCNC1=O. The average molecular weight is 275 g/mol. The summed E-state index contributed by atoms with van der Waals surface area (Å²) < 4.78 is 1.40. The number of fused-ring (bicyclic) bond motifs is 1. The Morgan fingerprint density at radius 2 is 2.15 bits per heavy atom. The average Bonchev–Trinajstić information content (AvgIpc) is 2.74. The van der Waals surface area contributed by atoms with Gasteiger partial charge >= 0.3 is 11.7 Å². The summed E-state index contributed by atoms with van der Waals surface area (Å²) in [5.41, 5.74) is 0.666. The van der Waals surface area contributed by atoms with Gasteiger partial charge in [-0.2, -0.15) is 0 Å². The number of imidazole rings is 1. The van der Waals surface area contributed by atoms with Gasteiger partial charge in [0, 0.05) is 6.54 Å². The Labute approximate surface area is 113 Å². The predicted molar refractivity (Wildman–Crippen MR) is 70.8 cm³/mol. The van der Waals surface area contributed by atoms with Gasteiger partial charge in [-0.05, 0) is 31.0 Å². The Hall–Kier alpha value is -2.57. The van der Waals surface area contributed by atoms with Crippen LogP contribution in [-0.2, 0) is 4.79 Å². The molecule has 7 heteroatoms. The molecule has 1 fully saturated rings. The number of nitrogens with one attached hydrogen (secondary N) is 2. The summed E-state index contributed by atoms with van der Waals surface area (Å²) in [6.45, 7) is 0.621. The minimum atomic E-state index is -1.06. The van der Waals surface area contributed by atoms with Crippen molar-refractivity contribution in [2.75, 3.05) is 6.54 Å². The number of H-pyrrole nitrogens is 1. The maximum Gasteiger partial charge on any atom is 0.335 e. The molecule has 1 unspecified atom stereocenters.